The Morgan fingerprint density at radius 3 is 2.17 bits per heavy atom. The van der Waals surface area contributed by atoms with Crippen molar-refractivity contribution in [2.45, 2.75) is 0 Å². The van der Waals surface area contributed by atoms with E-state index < -0.39 is 12.2 Å². The van der Waals surface area contributed by atoms with Gasteiger partial charge in [0.25, 0.3) is 0 Å². The third kappa shape index (κ3) is 1.58. The van der Waals surface area contributed by atoms with Crippen molar-refractivity contribution >= 4 is 6.29 Å². The molecule has 0 heterocycles. The standard InChI is InChI=1S/C3H2F2O/c4-1-3(5)2-6/h1-2H. The van der Waals surface area contributed by atoms with Crippen LogP contribution < -0.4 is 0 Å². The smallest absolute Gasteiger partial charge is 0.190 e. The number of aldehydes is 1. The van der Waals surface area contributed by atoms with Crippen molar-refractivity contribution in [3.63, 3.8) is 0 Å². The lowest BCUT2D eigenvalue weighted by atomic mass is 10.7. The predicted octanol–water partition coefficient (Wildman–Crippen LogP) is 0.966. The van der Waals surface area contributed by atoms with Crippen molar-refractivity contribution < 1.29 is 13.6 Å². The minimum atomic E-state index is -1.38. The van der Waals surface area contributed by atoms with E-state index >= 15 is 0 Å². The summed E-state index contributed by atoms with van der Waals surface area (Å²) >= 11 is 0. The molecule has 0 N–H and O–H groups in total. The summed E-state index contributed by atoms with van der Waals surface area (Å²) in [6.45, 7) is 0. The highest BCUT2D eigenvalue weighted by Gasteiger charge is 1.82. The molecular weight excluding hydrogens is 90.0 g/mol. The zero-order valence-electron chi connectivity index (χ0n) is 2.82. The van der Waals surface area contributed by atoms with Crippen LogP contribution in [0.4, 0.5) is 8.78 Å². The summed E-state index contributed by atoms with van der Waals surface area (Å²) in [6.07, 6.45) is -0.604. The maximum Gasteiger partial charge on any atom is 0.190 e. The van der Waals surface area contributed by atoms with Gasteiger partial charge in [-0.3, -0.25) is 4.79 Å². The summed E-state index contributed by atoms with van der Waals surface area (Å²) in [5, 5.41) is 0. The first kappa shape index (κ1) is 5.27. The van der Waals surface area contributed by atoms with Gasteiger partial charge in [-0.2, -0.15) is 0 Å². The summed E-state index contributed by atoms with van der Waals surface area (Å²) in [6, 6.07) is 0. The van der Waals surface area contributed by atoms with Gasteiger partial charge in [-0.1, -0.05) is 0 Å². The molecule has 6 heavy (non-hydrogen) atoms. The lowest BCUT2D eigenvalue weighted by Gasteiger charge is -1.65. The molecule has 0 unspecified atom stereocenters. The second-order valence-electron chi connectivity index (χ2n) is 0.612. The van der Waals surface area contributed by atoms with E-state index in [1.807, 2.05) is 0 Å². The number of rotatable bonds is 1. The Hall–Kier alpha value is -0.730. The van der Waals surface area contributed by atoms with E-state index in [-0.39, 0.29) is 6.29 Å². The highest BCUT2D eigenvalue weighted by molar-refractivity contribution is 5.69. The van der Waals surface area contributed by atoms with E-state index in [1.54, 1.807) is 0 Å². The third-order valence-electron chi connectivity index (χ3n) is 0.217. The van der Waals surface area contributed by atoms with Gasteiger partial charge in [0.15, 0.2) is 12.1 Å². The Kier molecular flexibility index (Phi) is 2.20. The molecule has 0 saturated heterocycles. The molecule has 0 aromatic rings. The topological polar surface area (TPSA) is 17.1 Å². The zero-order chi connectivity index (χ0) is 4.99. The van der Waals surface area contributed by atoms with E-state index in [0.29, 0.717) is 0 Å². The third-order valence-corrected chi connectivity index (χ3v) is 0.217. The highest BCUT2D eigenvalue weighted by atomic mass is 19.2. The van der Waals surface area contributed by atoms with Crippen molar-refractivity contribution in [2.75, 3.05) is 0 Å². The molecule has 0 aliphatic rings. The van der Waals surface area contributed by atoms with Crippen molar-refractivity contribution in [3.8, 4) is 0 Å². The second kappa shape index (κ2) is 2.50. The van der Waals surface area contributed by atoms with E-state index in [1.165, 1.54) is 0 Å². The normalized spacial score (nSPS) is 11.3. The number of carbonyl (C=O) groups is 1. The number of hydrogen-bond donors (Lipinski definition) is 0. The van der Waals surface area contributed by atoms with Gasteiger partial charge in [-0.25, -0.2) is 8.78 Å². The number of carbonyl (C=O) groups excluding carboxylic acids is 1. The summed E-state index contributed by atoms with van der Waals surface area (Å²) < 4.78 is 21.6. The van der Waals surface area contributed by atoms with Crippen LogP contribution in [0.5, 0.6) is 0 Å². The molecule has 0 atom stereocenters. The molecule has 0 spiro atoms. The van der Waals surface area contributed by atoms with Crippen molar-refractivity contribution in [3.05, 3.63) is 12.2 Å². The van der Waals surface area contributed by atoms with Crippen LogP contribution in [0, 0.1) is 0 Å². The molecule has 0 amide bonds. The predicted molar refractivity (Wildman–Crippen MR) is 16.4 cm³/mol. The van der Waals surface area contributed by atoms with Crippen LogP contribution in [0.25, 0.3) is 0 Å². The molecular formula is C3H2F2O. The van der Waals surface area contributed by atoms with Gasteiger partial charge in [0.05, 0.1) is 0 Å². The fourth-order valence-corrected chi connectivity index (χ4v) is 0.0257. The number of halogens is 2. The van der Waals surface area contributed by atoms with Crippen LogP contribution in [-0.2, 0) is 4.79 Å². The van der Waals surface area contributed by atoms with E-state index in [9.17, 15) is 8.78 Å². The Morgan fingerprint density at radius 2 is 2.17 bits per heavy atom. The molecule has 0 radical (unpaired) electrons. The average Bonchev–Trinajstić information content (AvgIpc) is 1.65. The van der Waals surface area contributed by atoms with Crippen molar-refractivity contribution in [1.29, 1.82) is 0 Å². The van der Waals surface area contributed by atoms with Gasteiger partial charge in [-0.15, -0.1) is 0 Å². The maximum atomic E-state index is 11.0. The average molecular weight is 92.0 g/mol. The molecule has 34 valence electrons. The first-order chi connectivity index (χ1) is 2.81. The van der Waals surface area contributed by atoms with Crippen LogP contribution in [0.3, 0.4) is 0 Å². The summed E-state index contributed by atoms with van der Waals surface area (Å²) in [5.74, 6) is -1.38. The molecule has 0 aliphatic heterocycles. The molecule has 1 nitrogen and oxygen atoms in total. The van der Waals surface area contributed by atoms with Crippen LogP contribution in [0.15, 0.2) is 12.2 Å². The monoisotopic (exact) mass is 92.0 g/mol. The van der Waals surface area contributed by atoms with Crippen molar-refractivity contribution in [2.24, 2.45) is 0 Å². The van der Waals surface area contributed by atoms with Crippen LogP contribution in [-0.4, -0.2) is 6.29 Å². The van der Waals surface area contributed by atoms with E-state index in [0.717, 1.165) is 0 Å². The van der Waals surface area contributed by atoms with Crippen LogP contribution in [0.2, 0.25) is 0 Å². The van der Waals surface area contributed by atoms with E-state index in [2.05, 4.69) is 0 Å². The fourth-order valence-electron chi connectivity index (χ4n) is 0.0257. The second-order valence-corrected chi connectivity index (χ2v) is 0.612. The van der Waals surface area contributed by atoms with Gasteiger partial charge < -0.3 is 0 Å². The lowest BCUT2D eigenvalue weighted by molar-refractivity contribution is -0.106. The maximum absolute atomic E-state index is 11.0. The molecule has 0 rings (SSSR count). The lowest BCUT2D eigenvalue weighted by Crippen LogP contribution is -1.66. The van der Waals surface area contributed by atoms with Gasteiger partial charge in [-0.05, 0) is 0 Å². The first-order valence-corrected chi connectivity index (χ1v) is 1.22. The van der Waals surface area contributed by atoms with Crippen LogP contribution in [0.1, 0.15) is 0 Å². The minimum absolute atomic E-state index is 0.208. The molecule has 3 heteroatoms. The van der Waals surface area contributed by atoms with Gasteiger partial charge in [0.2, 0.25) is 0 Å². The summed E-state index contributed by atoms with van der Waals surface area (Å²) in [7, 11) is 0. The summed E-state index contributed by atoms with van der Waals surface area (Å²) in [4.78, 5) is 9.05. The summed E-state index contributed by atoms with van der Waals surface area (Å²) in [5.41, 5.74) is 0. The quantitative estimate of drug-likeness (QED) is 0.348. The largest absolute Gasteiger partial charge is 0.295 e. The van der Waals surface area contributed by atoms with Gasteiger partial charge in [0, 0.05) is 0 Å². The number of allylic oxidation sites excluding steroid dienone is 1. The molecule has 0 aromatic carbocycles. The Labute approximate surface area is 33.3 Å². The van der Waals surface area contributed by atoms with Crippen molar-refractivity contribution in [1.82, 2.24) is 0 Å². The minimum Gasteiger partial charge on any atom is -0.295 e. The Balaban J connectivity index is 3.50. The first-order valence-electron chi connectivity index (χ1n) is 1.22. The van der Waals surface area contributed by atoms with Gasteiger partial charge in [0.1, 0.15) is 6.33 Å². The SMILES string of the molecule is O=CC(F)=CF. The fraction of sp³-hybridized carbons (Fsp3) is 0. The zero-order valence-corrected chi connectivity index (χ0v) is 2.82. The molecule has 0 bridgehead atoms. The molecule has 0 aliphatic carbocycles. The molecule has 0 aromatic heterocycles. The Morgan fingerprint density at radius 1 is 1.67 bits per heavy atom. The number of hydrogen-bond acceptors (Lipinski definition) is 1. The van der Waals surface area contributed by atoms with E-state index in [4.69, 9.17) is 4.79 Å². The molecule has 0 fully saturated rings. The highest BCUT2D eigenvalue weighted by Crippen LogP contribution is 1.87. The van der Waals surface area contributed by atoms with Crippen LogP contribution >= 0.6 is 0 Å². The molecule has 0 saturated carbocycles. The van der Waals surface area contributed by atoms with Gasteiger partial charge >= 0.3 is 0 Å². The Bertz CT molecular complexity index is 76.9.